The number of nitrogens with one attached hydrogen (secondary N) is 4. The van der Waals surface area contributed by atoms with E-state index < -0.39 is 0 Å². The molecular formula is C21H20N4O3S. The molecule has 0 bridgehead atoms. The molecule has 0 aliphatic heterocycles. The van der Waals surface area contributed by atoms with Crippen molar-refractivity contribution in [1.29, 1.82) is 0 Å². The monoisotopic (exact) mass is 408 g/mol. The van der Waals surface area contributed by atoms with Gasteiger partial charge in [-0.25, -0.2) is 4.79 Å². The number of hydrogen-bond acceptors (Lipinski definition) is 4. The maximum atomic E-state index is 12.4. The second-order valence-electron chi connectivity index (χ2n) is 6.04. The Morgan fingerprint density at radius 2 is 1.34 bits per heavy atom. The number of carbonyl (C=O) groups is 3. The molecule has 2 aromatic carbocycles. The van der Waals surface area contributed by atoms with Gasteiger partial charge in [-0.3, -0.25) is 14.9 Å². The number of urea groups is 1. The van der Waals surface area contributed by atoms with E-state index >= 15 is 0 Å². The molecule has 0 aliphatic carbocycles. The van der Waals surface area contributed by atoms with Crippen molar-refractivity contribution in [3.8, 4) is 0 Å². The molecule has 0 aliphatic rings. The van der Waals surface area contributed by atoms with Crippen LogP contribution in [0.25, 0.3) is 0 Å². The lowest BCUT2D eigenvalue weighted by Gasteiger charge is -2.07. The molecule has 4 amide bonds. The highest BCUT2D eigenvalue weighted by Gasteiger charge is 2.11. The maximum Gasteiger partial charge on any atom is 0.324 e. The Balaban J connectivity index is 1.55. The Bertz CT molecular complexity index is 1000. The summed E-state index contributed by atoms with van der Waals surface area (Å²) < 4.78 is 0. The Kier molecular flexibility index (Phi) is 6.59. The summed E-state index contributed by atoms with van der Waals surface area (Å²) in [6.45, 7) is 1.78. The zero-order valence-electron chi connectivity index (χ0n) is 15.7. The number of hydrogen-bond donors (Lipinski definition) is 4. The van der Waals surface area contributed by atoms with Crippen LogP contribution in [-0.4, -0.2) is 17.8 Å². The van der Waals surface area contributed by atoms with E-state index in [0.717, 1.165) is 0 Å². The fourth-order valence-electron chi connectivity index (χ4n) is 2.40. The first-order chi connectivity index (χ1) is 14.0. The predicted octanol–water partition coefficient (Wildman–Crippen LogP) is 4.99. The van der Waals surface area contributed by atoms with Gasteiger partial charge in [-0.05, 0) is 48.5 Å². The Hall–Kier alpha value is -3.65. The van der Waals surface area contributed by atoms with E-state index in [9.17, 15) is 14.4 Å². The van der Waals surface area contributed by atoms with E-state index in [4.69, 9.17) is 0 Å². The van der Waals surface area contributed by atoms with Crippen molar-refractivity contribution in [2.45, 2.75) is 13.3 Å². The van der Waals surface area contributed by atoms with E-state index in [1.807, 2.05) is 18.2 Å². The smallest absolute Gasteiger partial charge is 0.324 e. The number of para-hydroxylation sites is 1. The van der Waals surface area contributed by atoms with E-state index in [1.165, 1.54) is 11.3 Å². The number of amides is 4. The molecule has 0 atom stereocenters. The quantitative estimate of drug-likeness (QED) is 0.462. The molecule has 0 saturated carbocycles. The molecule has 0 fully saturated rings. The van der Waals surface area contributed by atoms with Gasteiger partial charge in [0.05, 0.1) is 9.88 Å². The third-order valence-electron chi connectivity index (χ3n) is 3.85. The summed E-state index contributed by atoms with van der Waals surface area (Å²) in [5, 5.41) is 11.5. The molecule has 29 heavy (non-hydrogen) atoms. The molecule has 7 nitrogen and oxygen atoms in total. The molecule has 8 heteroatoms. The molecular weight excluding hydrogens is 388 g/mol. The lowest BCUT2D eigenvalue weighted by atomic mass is 10.2. The Morgan fingerprint density at radius 1 is 0.724 bits per heavy atom. The van der Waals surface area contributed by atoms with Crippen molar-refractivity contribution in [1.82, 2.24) is 0 Å². The van der Waals surface area contributed by atoms with Crippen molar-refractivity contribution in [2.24, 2.45) is 0 Å². The van der Waals surface area contributed by atoms with Crippen molar-refractivity contribution in [3.63, 3.8) is 0 Å². The molecule has 0 unspecified atom stereocenters. The fourth-order valence-corrected chi connectivity index (χ4v) is 3.20. The van der Waals surface area contributed by atoms with Crippen LogP contribution < -0.4 is 21.3 Å². The molecule has 1 heterocycles. The summed E-state index contributed by atoms with van der Waals surface area (Å²) in [5.41, 5.74) is 1.95. The highest BCUT2D eigenvalue weighted by atomic mass is 32.1. The Morgan fingerprint density at radius 3 is 2.00 bits per heavy atom. The minimum absolute atomic E-state index is 0.0725. The molecule has 0 spiro atoms. The van der Waals surface area contributed by atoms with E-state index in [-0.39, 0.29) is 17.8 Å². The highest BCUT2D eigenvalue weighted by molar-refractivity contribution is 7.18. The molecule has 3 aromatic rings. The molecule has 0 radical (unpaired) electrons. The summed E-state index contributed by atoms with van der Waals surface area (Å²) >= 11 is 1.17. The summed E-state index contributed by atoms with van der Waals surface area (Å²) in [6.07, 6.45) is 0.399. The van der Waals surface area contributed by atoms with Crippen LogP contribution in [0.2, 0.25) is 0 Å². The van der Waals surface area contributed by atoms with Gasteiger partial charge in [-0.1, -0.05) is 25.1 Å². The fraction of sp³-hybridized carbons (Fsp3) is 0.0952. The number of rotatable bonds is 6. The van der Waals surface area contributed by atoms with Gasteiger partial charge in [-0.2, -0.15) is 0 Å². The van der Waals surface area contributed by atoms with E-state index in [1.54, 1.807) is 55.5 Å². The molecule has 3 rings (SSSR count). The normalized spacial score (nSPS) is 10.1. The van der Waals surface area contributed by atoms with Crippen molar-refractivity contribution >= 4 is 51.2 Å². The standard InChI is InChI=1S/C21H20N4O3S/c1-2-18(26)22-15-8-10-16(11-9-15)23-20(27)17-12-13-19(29-17)25-21(28)24-14-6-4-3-5-7-14/h3-13H,2H2,1H3,(H,22,26)(H,23,27)(H2,24,25,28). The van der Waals surface area contributed by atoms with Gasteiger partial charge in [-0.15, -0.1) is 11.3 Å². The van der Waals surface area contributed by atoms with Crippen molar-refractivity contribution in [3.05, 3.63) is 71.6 Å². The van der Waals surface area contributed by atoms with Gasteiger partial charge in [0, 0.05) is 23.5 Å². The largest absolute Gasteiger partial charge is 0.326 e. The van der Waals surface area contributed by atoms with Gasteiger partial charge in [0.25, 0.3) is 5.91 Å². The zero-order valence-corrected chi connectivity index (χ0v) is 16.5. The van der Waals surface area contributed by atoms with Gasteiger partial charge >= 0.3 is 6.03 Å². The van der Waals surface area contributed by atoms with Crippen LogP contribution in [-0.2, 0) is 4.79 Å². The van der Waals surface area contributed by atoms with Crippen LogP contribution in [0.4, 0.5) is 26.9 Å². The minimum atomic E-state index is -0.380. The van der Waals surface area contributed by atoms with Crippen LogP contribution in [0.3, 0.4) is 0 Å². The Labute approximate surface area is 172 Å². The minimum Gasteiger partial charge on any atom is -0.326 e. The average Bonchev–Trinajstić information content (AvgIpc) is 3.18. The van der Waals surface area contributed by atoms with Gasteiger partial charge in [0.15, 0.2) is 0 Å². The first-order valence-corrected chi connectivity index (χ1v) is 9.79. The van der Waals surface area contributed by atoms with Gasteiger partial charge in [0.1, 0.15) is 0 Å². The average molecular weight is 408 g/mol. The van der Waals surface area contributed by atoms with Crippen LogP contribution in [0.1, 0.15) is 23.0 Å². The third kappa shape index (κ3) is 5.91. The van der Waals surface area contributed by atoms with Gasteiger partial charge in [0.2, 0.25) is 5.91 Å². The molecule has 148 valence electrons. The van der Waals surface area contributed by atoms with E-state index in [2.05, 4.69) is 21.3 Å². The summed E-state index contributed by atoms with van der Waals surface area (Å²) in [7, 11) is 0. The zero-order chi connectivity index (χ0) is 20.6. The SMILES string of the molecule is CCC(=O)Nc1ccc(NC(=O)c2ccc(NC(=O)Nc3ccccc3)s2)cc1. The summed E-state index contributed by atoms with van der Waals surface area (Å²) in [6, 6.07) is 18.9. The van der Waals surface area contributed by atoms with Crippen LogP contribution in [0, 0.1) is 0 Å². The van der Waals surface area contributed by atoms with Crippen molar-refractivity contribution in [2.75, 3.05) is 21.3 Å². The van der Waals surface area contributed by atoms with Gasteiger partial charge < -0.3 is 16.0 Å². The topological polar surface area (TPSA) is 99.3 Å². The lowest BCUT2D eigenvalue weighted by Crippen LogP contribution is -2.18. The summed E-state index contributed by atoms with van der Waals surface area (Å²) in [4.78, 5) is 36.3. The number of benzene rings is 2. The number of carbonyl (C=O) groups excluding carboxylic acids is 3. The van der Waals surface area contributed by atoms with Crippen LogP contribution in [0.5, 0.6) is 0 Å². The lowest BCUT2D eigenvalue weighted by molar-refractivity contribution is -0.115. The second-order valence-corrected chi connectivity index (χ2v) is 7.13. The molecule has 4 N–H and O–H groups in total. The first kappa shape index (κ1) is 20.1. The third-order valence-corrected chi connectivity index (χ3v) is 4.85. The first-order valence-electron chi connectivity index (χ1n) is 8.97. The number of anilines is 4. The second kappa shape index (κ2) is 9.52. The summed E-state index contributed by atoms with van der Waals surface area (Å²) in [5.74, 6) is -0.353. The highest BCUT2D eigenvalue weighted by Crippen LogP contribution is 2.23. The van der Waals surface area contributed by atoms with E-state index in [0.29, 0.717) is 33.4 Å². The molecule has 1 aromatic heterocycles. The van der Waals surface area contributed by atoms with Crippen LogP contribution >= 0.6 is 11.3 Å². The van der Waals surface area contributed by atoms with Crippen molar-refractivity contribution < 1.29 is 14.4 Å². The van der Waals surface area contributed by atoms with Crippen LogP contribution in [0.15, 0.2) is 66.7 Å². The maximum absolute atomic E-state index is 12.4. The molecule has 0 saturated heterocycles. The number of thiophene rings is 1. The predicted molar refractivity (Wildman–Crippen MR) is 117 cm³/mol.